The first kappa shape index (κ1) is 185. The SMILES string of the molecule is O=C(NCCCCCCCCCCCCNC(=O)[C@](O)([C@@](O)([C@H](O[C@@H]1O[C@H](COS(=O)(=O)O)[C@@H](OS(=O)(=O)O)[C@H](OS(=O)(=O)O)[C@H]1OS(=O)(=O)O)[C@](O)(C(O)S(=O)(=O)O)S(=O)(=O)O)S(=O)(=O)O)S(=O)(=O)O)[C@](O)([C@@](O)([C@H](O[C@@H]1O[C@H](COS(=O)(=O)O)[C@@H](OS(=O)(=O)O)[C@H](OS(=O)(=O)O)[C@H]1OS(=O)(=O)O)[C@](O)(C(O)S(=O)(=O)O)S(=O)(=O)O)S(=O)(=O)O)S(=O)(=O)O.[Na].[Na].[Na].[Na].[Na].[Na].[Na].[Na].[Na].[Na].[Na].[Na].[Na].[Na].[Na].[Na]. The van der Waals surface area contributed by atoms with Gasteiger partial charge in [0, 0.05) is 486 Å². The molecule has 0 saturated carbocycles. The molecule has 20 atom stereocenters. The summed E-state index contributed by atoms with van der Waals surface area (Å²) < 4.78 is 607. The first-order valence-corrected chi connectivity index (χ1v) is 52.9. The van der Waals surface area contributed by atoms with Gasteiger partial charge in [-0.3, -0.25) is 82.4 Å². The number of rotatable bonds is 53. The second kappa shape index (κ2) is 70.7. The predicted octanol–water partition coefficient (Wildman–Crippen LogP) is -22.1. The van der Waals surface area contributed by atoms with Gasteiger partial charge in [0.1, 0.15) is 36.6 Å². The van der Waals surface area contributed by atoms with E-state index in [1.54, 1.807) is 0 Å². The molecule has 2 heterocycles. The van der Waals surface area contributed by atoms with Crippen molar-refractivity contribution in [1.82, 2.24) is 10.6 Å². The number of hydrogen-bond donors (Lipinski definition) is 26. The van der Waals surface area contributed by atoms with E-state index in [0.29, 0.717) is 0 Å². The molecule has 0 aromatic carbocycles. The zero-order chi connectivity index (χ0) is 98.0. The number of hydrogen-bond acceptors (Lipinski definition) is 54. The Kier molecular flexibility index (Phi) is 93.6. The molecule has 0 aromatic rings. The average Bonchev–Trinajstić information content (AvgIpc) is 0.688. The van der Waals surface area contributed by atoms with Gasteiger partial charge in [0.15, 0.2) is 37.0 Å². The van der Waals surface area contributed by atoms with Crippen molar-refractivity contribution in [3.05, 3.63) is 0 Å². The third-order valence-corrected chi connectivity index (χ3v) is 29.4. The number of nitrogens with one attached hydrogen (secondary N) is 2. The Hall–Kier alpha value is 12.7. The predicted molar refractivity (Wildman–Crippen MR) is 459 cm³/mol. The second-order valence-corrected chi connectivity index (χ2v) is 45.1. The van der Waals surface area contributed by atoms with E-state index < -0.39 is 342 Å². The monoisotopic (exact) mass is 2530 g/mol. The largest absolute Gasteiger partial charge is 0.397 e. The molecule has 2 fully saturated rings. The van der Waals surface area contributed by atoms with Gasteiger partial charge in [-0.25, -0.2) is 33.5 Å². The van der Waals surface area contributed by atoms with Gasteiger partial charge < -0.3 is 70.4 Å². The van der Waals surface area contributed by atoms with Crippen molar-refractivity contribution in [2.75, 3.05) is 26.3 Å². The smallest absolute Gasteiger partial charge is 0.372 e. The summed E-state index contributed by atoms with van der Waals surface area (Å²) in [6, 6.07) is 0. The number of aliphatic hydroxyl groups is 8. The van der Waals surface area contributed by atoms with Crippen LogP contribution in [0, 0.1) is 0 Å². The van der Waals surface area contributed by atoms with Crippen molar-refractivity contribution in [2.24, 2.45) is 0 Å². The molecule has 0 bridgehead atoms. The van der Waals surface area contributed by atoms with Crippen LogP contribution in [0.1, 0.15) is 64.2 Å². The molecule has 26 N–H and O–H groups in total. The van der Waals surface area contributed by atoms with Crippen LogP contribution in [0.4, 0.5) is 0 Å². The maximum atomic E-state index is 13.9. The summed E-state index contributed by atoms with van der Waals surface area (Å²) in [6.07, 6.45) is -54.4. The fraction of sp³-hybridized carbons (Fsp3) is 0.944. The van der Waals surface area contributed by atoms with Crippen LogP contribution in [0.2, 0.25) is 0 Å². The minimum atomic E-state index is -8.19. The maximum Gasteiger partial charge on any atom is 0.397 e. The molecule has 2 rings (SSSR count). The summed E-state index contributed by atoms with van der Waals surface area (Å²) in [6.45, 7) is -7.65. The molecule has 0 aliphatic carbocycles. The molecule has 16 radical (unpaired) electrons. The van der Waals surface area contributed by atoms with Crippen LogP contribution >= 0.6 is 0 Å². The molecular formula is C36H68N2Na16O70S16. The summed E-state index contributed by atoms with van der Waals surface area (Å²) in [5.74, 6) is -6.81. The number of carbonyl (C=O) groups excluding carboxylic acids is 2. The second-order valence-electron chi connectivity index (χ2n) is 24.3. The number of amides is 2. The van der Waals surface area contributed by atoms with E-state index in [9.17, 15) is 258 Å². The van der Waals surface area contributed by atoms with E-state index in [4.69, 9.17) is 0 Å². The van der Waals surface area contributed by atoms with E-state index >= 15 is 0 Å². The minimum absolute atomic E-state index is 0. The first-order valence-electron chi connectivity index (χ1n) is 30.3. The van der Waals surface area contributed by atoms with Gasteiger partial charge in [0.05, 0.1) is 13.2 Å². The van der Waals surface area contributed by atoms with Gasteiger partial charge in [-0.1, -0.05) is 51.4 Å². The molecule has 72 nitrogen and oxygen atoms in total. The van der Waals surface area contributed by atoms with Crippen molar-refractivity contribution >= 4 is 649 Å². The first-order chi connectivity index (χ1) is 54.5. The number of ether oxygens (including phenoxy) is 4. The van der Waals surface area contributed by atoms with Crippen molar-refractivity contribution in [2.45, 2.75) is 178 Å². The standard InChI is InChI=1S/C36H68N2O70S16.16Na/c39-27(35(47,115(67,68)69)33(45,113(61,62)63)25(31(43,111(55,56)57)29(41)109(49,50)51)101-23-21(107-123(91,92)93)19(105-121(85,86)87)17(103-119(79,80)81)15(99-23)13-97-117(73,74)75)37-11-9-7-5-3-1-2-4-6-8-10-12-38-28(40)36(48,116(70,71)72)34(46,114(64,65)66)26(32(44,112(58,59)60)30(42)110(52,53)54)102-24-22(108-124(94,95)96)20(106-122(88,89)90)18(104-120(82,83)84)16(100-24)14-98-118(76,77)78;;;;;;;;;;;;;;;;/h15-26,29-30,41-48H,1-14H2,(H,37,39)(H,38,40)(H,49,50,51)(H,52,53,54)(H,55,56,57)(H,58,59,60)(H,61,62,63)(H,64,65,66)(H,67,68,69)(H,70,71,72)(H,73,74,75)(H,76,77,78)(H,79,80,81)(H,82,83,84)(H,85,86,87)(H,88,89,90)(H,91,92,93)(H,94,95,96);;;;;;;;;;;;;;;;/t15-,16-,17-,18-,19+,20+,21-,22-,23+,24+,25-,26-,29?,30?,31-,32-,33-,34-,35-,36-;;;;;;;;;;;;;;;;/m1................/s1. The molecule has 0 aromatic heterocycles. The summed E-state index contributed by atoms with van der Waals surface area (Å²) in [5, 5.41) is 93.7. The summed E-state index contributed by atoms with van der Waals surface area (Å²) in [7, 11) is -115. The zero-order valence-electron chi connectivity index (χ0n) is 75.0. The Bertz CT molecular complexity index is 5550. The van der Waals surface area contributed by atoms with Crippen LogP contribution < -0.4 is 10.6 Å². The summed E-state index contributed by atoms with van der Waals surface area (Å²) in [4.78, 5) is -11.9. The van der Waals surface area contributed by atoms with Crippen molar-refractivity contribution in [1.29, 1.82) is 0 Å². The molecule has 0 spiro atoms. The third kappa shape index (κ3) is 53.3. The number of aliphatic hydroxyl groups excluding tert-OH is 2. The molecule has 140 heavy (non-hydrogen) atoms. The van der Waals surface area contributed by atoms with Gasteiger partial charge in [-0.15, -0.1) is 0 Å². The Labute approximate surface area is 1150 Å². The molecule has 2 amide bonds. The topological polar surface area (TPSA) is 1200 Å². The molecule has 2 saturated heterocycles. The Morgan fingerprint density at radius 2 is 0.450 bits per heavy atom. The van der Waals surface area contributed by atoms with E-state index in [1.807, 2.05) is 0 Å². The maximum absolute atomic E-state index is 13.9. The van der Waals surface area contributed by atoms with Gasteiger partial charge in [0.25, 0.3) is 51.8 Å². The van der Waals surface area contributed by atoms with Crippen molar-refractivity contribution in [3.8, 4) is 0 Å². The molecule has 2 unspecified atom stereocenters. The number of unbranched alkanes of at least 4 members (excludes halogenated alkanes) is 9. The summed E-state index contributed by atoms with van der Waals surface area (Å²) in [5.41, 5.74) is -10.6. The van der Waals surface area contributed by atoms with Crippen LogP contribution in [-0.2, 0) is 226 Å². The Morgan fingerprint density at radius 1 is 0.264 bits per heavy atom. The van der Waals surface area contributed by atoms with Crippen LogP contribution in [-0.4, -0.2) is 874 Å². The van der Waals surface area contributed by atoms with E-state index in [2.05, 4.69) is 52.4 Å². The van der Waals surface area contributed by atoms with E-state index in [-0.39, 0.29) is 511 Å². The van der Waals surface area contributed by atoms with E-state index in [0.717, 1.165) is 10.6 Å². The summed E-state index contributed by atoms with van der Waals surface area (Å²) >= 11 is 0. The Balaban J connectivity index is -0.000000751. The number of carbonyl (C=O) groups is 2. The Morgan fingerprint density at radius 3 is 0.614 bits per heavy atom. The molecule has 754 valence electrons. The normalized spacial score (nSPS) is 22.6. The quantitative estimate of drug-likeness (QED) is 0.0153. The average molecular weight is 2530 g/mol. The zero-order valence-corrected chi connectivity index (χ0v) is 120. The van der Waals surface area contributed by atoms with Gasteiger partial charge in [0.2, 0.25) is 10.9 Å². The van der Waals surface area contributed by atoms with E-state index in [1.165, 1.54) is 0 Å². The fourth-order valence-corrected chi connectivity index (χ4v) is 23.2. The van der Waals surface area contributed by atoms with Crippen LogP contribution in [0.25, 0.3) is 0 Å². The van der Waals surface area contributed by atoms with Crippen LogP contribution in [0.5, 0.6) is 0 Å². The van der Waals surface area contributed by atoms with Gasteiger partial charge in [-0.2, -0.15) is 135 Å². The molecule has 2 aliphatic rings. The van der Waals surface area contributed by atoms with Crippen molar-refractivity contribution < 1.29 is 310 Å². The van der Waals surface area contributed by atoms with Crippen LogP contribution in [0.3, 0.4) is 0 Å². The van der Waals surface area contributed by atoms with Crippen molar-refractivity contribution in [3.63, 3.8) is 0 Å². The van der Waals surface area contributed by atoms with Gasteiger partial charge >= 0.3 is 154 Å². The third-order valence-electron chi connectivity index (χ3n) is 15.7. The van der Waals surface area contributed by atoms with Crippen LogP contribution in [0.15, 0.2) is 0 Å². The fourth-order valence-electron chi connectivity index (χ4n) is 10.7. The molecule has 2 aliphatic heterocycles. The van der Waals surface area contributed by atoms with Gasteiger partial charge in [-0.05, 0) is 12.8 Å². The molecule has 104 heteroatoms. The molecular weight excluding hydrogens is 2460 g/mol. The minimum Gasteiger partial charge on any atom is -0.372 e.